The van der Waals surface area contributed by atoms with Gasteiger partial charge in [0.05, 0.1) is 24.2 Å². The van der Waals surface area contributed by atoms with Gasteiger partial charge in [-0.3, -0.25) is 4.98 Å². The lowest BCUT2D eigenvalue weighted by molar-refractivity contribution is 0.406. The highest BCUT2D eigenvalue weighted by atomic mass is 32.2. The van der Waals surface area contributed by atoms with E-state index >= 15 is 0 Å². The van der Waals surface area contributed by atoms with Gasteiger partial charge in [-0.15, -0.1) is 0 Å². The Balaban J connectivity index is 2.33. The number of benzene rings is 1. The molecule has 0 unspecified atom stereocenters. The van der Waals surface area contributed by atoms with Crippen LogP contribution >= 0.6 is 0 Å². The zero-order chi connectivity index (χ0) is 17.0. The number of aromatic nitrogens is 1. The highest BCUT2D eigenvalue weighted by Crippen LogP contribution is 2.31. The Bertz CT molecular complexity index is 772. The number of rotatable bonds is 6. The third-order valence-corrected chi connectivity index (χ3v) is 5.15. The Morgan fingerprint density at radius 2 is 2.00 bits per heavy atom. The molecule has 1 aromatic heterocycles. The second-order valence-corrected chi connectivity index (χ2v) is 7.40. The Morgan fingerprint density at radius 3 is 2.57 bits per heavy atom. The fourth-order valence-electron chi connectivity index (χ4n) is 2.34. The second kappa shape index (κ2) is 7.10. The van der Waals surface area contributed by atoms with Crippen molar-refractivity contribution in [2.75, 3.05) is 7.11 Å². The average molecular weight is 334 g/mol. The molecule has 0 spiro atoms. The van der Waals surface area contributed by atoms with Crippen molar-refractivity contribution >= 4 is 10.0 Å². The predicted molar refractivity (Wildman–Crippen MR) is 90.1 cm³/mol. The molecule has 0 atom stereocenters. The third-order valence-electron chi connectivity index (χ3n) is 3.61. The summed E-state index contributed by atoms with van der Waals surface area (Å²) in [5.74, 6) is 0.872. The van der Waals surface area contributed by atoms with Gasteiger partial charge in [-0.25, -0.2) is 13.1 Å². The number of aryl methyl sites for hydroxylation is 1. The summed E-state index contributed by atoms with van der Waals surface area (Å²) in [7, 11) is -2.02. The molecule has 0 amide bonds. The van der Waals surface area contributed by atoms with Gasteiger partial charge in [0.1, 0.15) is 5.75 Å². The van der Waals surface area contributed by atoms with Gasteiger partial charge in [-0.05, 0) is 48.2 Å². The molecule has 1 heterocycles. The van der Waals surface area contributed by atoms with E-state index in [0.717, 1.165) is 5.56 Å². The van der Waals surface area contributed by atoms with Gasteiger partial charge in [0.2, 0.25) is 10.0 Å². The minimum absolute atomic E-state index is 0.158. The molecular weight excluding hydrogens is 312 g/mol. The summed E-state index contributed by atoms with van der Waals surface area (Å²) in [6, 6.07) is 8.86. The summed E-state index contributed by atoms with van der Waals surface area (Å²) in [5, 5.41) is 0. The number of nitrogens with one attached hydrogen (secondary N) is 1. The van der Waals surface area contributed by atoms with E-state index in [1.54, 1.807) is 44.5 Å². The molecule has 5 nitrogen and oxygen atoms in total. The highest BCUT2D eigenvalue weighted by Gasteiger charge is 2.20. The fourth-order valence-corrected chi connectivity index (χ4v) is 3.60. The highest BCUT2D eigenvalue weighted by molar-refractivity contribution is 7.89. The fraction of sp³-hybridized carbons (Fsp3) is 0.353. The number of sulfonamides is 1. The van der Waals surface area contributed by atoms with Crippen molar-refractivity contribution in [1.82, 2.24) is 9.71 Å². The quantitative estimate of drug-likeness (QED) is 0.882. The van der Waals surface area contributed by atoms with E-state index < -0.39 is 10.0 Å². The smallest absolute Gasteiger partial charge is 0.241 e. The van der Waals surface area contributed by atoms with Crippen molar-refractivity contribution < 1.29 is 13.2 Å². The number of hydrogen-bond donors (Lipinski definition) is 1. The van der Waals surface area contributed by atoms with E-state index in [-0.39, 0.29) is 17.4 Å². The number of hydrogen-bond acceptors (Lipinski definition) is 4. The molecule has 0 saturated carbocycles. The molecule has 124 valence electrons. The van der Waals surface area contributed by atoms with Gasteiger partial charge in [-0.2, -0.15) is 0 Å². The maximum absolute atomic E-state index is 12.6. The molecule has 0 aliphatic rings. The van der Waals surface area contributed by atoms with Crippen LogP contribution in [0.3, 0.4) is 0 Å². The summed E-state index contributed by atoms with van der Waals surface area (Å²) in [6.45, 7) is 5.93. The zero-order valence-corrected chi connectivity index (χ0v) is 14.6. The lowest BCUT2D eigenvalue weighted by Crippen LogP contribution is -2.24. The lowest BCUT2D eigenvalue weighted by Gasteiger charge is -2.16. The van der Waals surface area contributed by atoms with Crippen molar-refractivity contribution in [2.24, 2.45) is 0 Å². The molecule has 0 aliphatic carbocycles. The van der Waals surface area contributed by atoms with Crippen LogP contribution in [0.15, 0.2) is 41.4 Å². The van der Waals surface area contributed by atoms with Crippen LogP contribution in [0.5, 0.6) is 5.75 Å². The Labute approximate surface area is 137 Å². The molecule has 23 heavy (non-hydrogen) atoms. The minimum atomic E-state index is -3.62. The van der Waals surface area contributed by atoms with Crippen molar-refractivity contribution in [1.29, 1.82) is 0 Å². The molecule has 0 radical (unpaired) electrons. The number of ether oxygens (including phenoxy) is 1. The van der Waals surface area contributed by atoms with E-state index in [0.29, 0.717) is 17.0 Å². The van der Waals surface area contributed by atoms with Gasteiger partial charge in [0, 0.05) is 6.20 Å². The Kier molecular flexibility index (Phi) is 5.38. The molecule has 2 aromatic rings. The first-order valence-corrected chi connectivity index (χ1v) is 8.91. The zero-order valence-electron chi connectivity index (χ0n) is 13.8. The van der Waals surface area contributed by atoms with E-state index in [1.165, 1.54) is 0 Å². The summed E-state index contributed by atoms with van der Waals surface area (Å²) < 4.78 is 33.2. The van der Waals surface area contributed by atoms with Crippen molar-refractivity contribution in [2.45, 2.75) is 38.1 Å². The van der Waals surface area contributed by atoms with Crippen molar-refractivity contribution in [3.8, 4) is 5.75 Å². The van der Waals surface area contributed by atoms with Gasteiger partial charge in [0.25, 0.3) is 0 Å². The van der Waals surface area contributed by atoms with Crippen LogP contribution in [0, 0.1) is 6.92 Å². The number of methoxy groups -OCH3 is 1. The van der Waals surface area contributed by atoms with Crippen LogP contribution in [0.2, 0.25) is 0 Å². The molecular formula is C17H22N2O3S. The number of nitrogens with zero attached hydrogens (tertiary/aromatic N) is 1. The van der Waals surface area contributed by atoms with Gasteiger partial charge in [-0.1, -0.05) is 19.9 Å². The monoisotopic (exact) mass is 334 g/mol. The summed E-state index contributed by atoms with van der Waals surface area (Å²) in [5.41, 5.74) is 2.20. The first-order valence-electron chi connectivity index (χ1n) is 7.43. The van der Waals surface area contributed by atoms with E-state index in [1.807, 2.05) is 19.9 Å². The van der Waals surface area contributed by atoms with Crippen molar-refractivity contribution in [3.05, 3.63) is 53.3 Å². The van der Waals surface area contributed by atoms with Crippen LogP contribution in [0.1, 0.15) is 36.6 Å². The molecule has 2 rings (SSSR count). The summed E-state index contributed by atoms with van der Waals surface area (Å²) in [6.07, 6.45) is 1.64. The Hall–Kier alpha value is -1.92. The van der Waals surface area contributed by atoms with Crippen LogP contribution in [0.4, 0.5) is 0 Å². The first kappa shape index (κ1) is 17.4. The summed E-state index contributed by atoms with van der Waals surface area (Å²) >= 11 is 0. The topological polar surface area (TPSA) is 68.3 Å². The SMILES string of the molecule is COc1cc(C)c(S(=O)(=O)NCc2ccccn2)cc1C(C)C. The van der Waals surface area contributed by atoms with Crippen LogP contribution in [0.25, 0.3) is 0 Å². The molecule has 0 aliphatic heterocycles. The average Bonchev–Trinajstić information content (AvgIpc) is 2.53. The lowest BCUT2D eigenvalue weighted by atomic mass is 10.0. The molecule has 0 bridgehead atoms. The molecule has 0 saturated heterocycles. The normalized spacial score (nSPS) is 11.7. The predicted octanol–water partition coefficient (Wildman–Crippen LogP) is 3.00. The van der Waals surface area contributed by atoms with Gasteiger partial charge in [0.15, 0.2) is 0 Å². The maximum Gasteiger partial charge on any atom is 0.241 e. The van der Waals surface area contributed by atoms with Crippen LogP contribution < -0.4 is 9.46 Å². The van der Waals surface area contributed by atoms with Crippen molar-refractivity contribution in [3.63, 3.8) is 0 Å². The third kappa shape index (κ3) is 4.09. The van der Waals surface area contributed by atoms with E-state index in [2.05, 4.69) is 9.71 Å². The Morgan fingerprint density at radius 1 is 1.26 bits per heavy atom. The summed E-state index contributed by atoms with van der Waals surface area (Å²) in [4.78, 5) is 4.40. The largest absolute Gasteiger partial charge is 0.496 e. The first-order chi connectivity index (χ1) is 10.8. The molecule has 1 aromatic carbocycles. The molecule has 6 heteroatoms. The number of pyridine rings is 1. The standard InChI is InChI=1S/C17H22N2O3S/c1-12(2)15-10-17(13(3)9-16(15)22-4)23(20,21)19-11-14-7-5-6-8-18-14/h5-10,12,19H,11H2,1-4H3. The van der Waals surface area contributed by atoms with Gasteiger partial charge >= 0.3 is 0 Å². The molecule has 0 fully saturated rings. The second-order valence-electron chi connectivity index (χ2n) is 5.66. The maximum atomic E-state index is 12.6. The van der Waals surface area contributed by atoms with E-state index in [9.17, 15) is 8.42 Å². The van der Waals surface area contributed by atoms with Gasteiger partial charge < -0.3 is 4.74 Å². The van der Waals surface area contributed by atoms with Crippen LogP contribution in [-0.4, -0.2) is 20.5 Å². The molecule has 1 N–H and O–H groups in total. The van der Waals surface area contributed by atoms with E-state index in [4.69, 9.17) is 4.74 Å². The minimum Gasteiger partial charge on any atom is -0.496 e. The van der Waals surface area contributed by atoms with Crippen LogP contribution in [-0.2, 0) is 16.6 Å².